The number of anilines is 2. The Hall–Kier alpha value is -0.890. The average Bonchev–Trinajstić information content (AvgIpc) is 2.66. The van der Waals surface area contributed by atoms with Crippen LogP contribution in [0.1, 0.15) is 33.1 Å². The average molecular weight is 253 g/mol. The lowest BCUT2D eigenvalue weighted by molar-refractivity contribution is 0.392. The SMILES string of the molecule is CCC1CCC(Nc2cccc(Cl)c2N)C1C. The van der Waals surface area contributed by atoms with Crippen LogP contribution >= 0.6 is 11.6 Å². The minimum atomic E-state index is 0.528. The Bertz CT molecular complexity index is 392. The molecule has 17 heavy (non-hydrogen) atoms. The van der Waals surface area contributed by atoms with Gasteiger partial charge in [0.05, 0.1) is 16.4 Å². The minimum Gasteiger partial charge on any atom is -0.396 e. The monoisotopic (exact) mass is 252 g/mol. The van der Waals surface area contributed by atoms with E-state index in [0.29, 0.717) is 22.7 Å². The van der Waals surface area contributed by atoms with Gasteiger partial charge in [-0.2, -0.15) is 0 Å². The number of hydrogen-bond acceptors (Lipinski definition) is 2. The maximum atomic E-state index is 6.03. The highest BCUT2D eigenvalue weighted by atomic mass is 35.5. The first-order valence-corrected chi connectivity index (χ1v) is 6.81. The summed E-state index contributed by atoms with van der Waals surface area (Å²) in [5.41, 5.74) is 7.62. The van der Waals surface area contributed by atoms with Crippen molar-refractivity contribution in [3.8, 4) is 0 Å². The van der Waals surface area contributed by atoms with Crippen LogP contribution in [-0.2, 0) is 0 Å². The van der Waals surface area contributed by atoms with E-state index in [0.717, 1.165) is 11.6 Å². The number of rotatable bonds is 3. The predicted molar refractivity (Wildman–Crippen MR) is 75.5 cm³/mol. The summed E-state index contributed by atoms with van der Waals surface area (Å²) in [6.07, 6.45) is 3.81. The van der Waals surface area contributed by atoms with E-state index in [2.05, 4.69) is 19.2 Å². The van der Waals surface area contributed by atoms with Gasteiger partial charge in [-0.25, -0.2) is 0 Å². The van der Waals surface area contributed by atoms with E-state index in [1.807, 2.05) is 18.2 Å². The van der Waals surface area contributed by atoms with Crippen molar-refractivity contribution >= 4 is 23.0 Å². The lowest BCUT2D eigenvalue weighted by Crippen LogP contribution is -2.25. The van der Waals surface area contributed by atoms with Crippen molar-refractivity contribution in [3.63, 3.8) is 0 Å². The van der Waals surface area contributed by atoms with Crippen LogP contribution in [0.3, 0.4) is 0 Å². The summed E-state index contributed by atoms with van der Waals surface area (Å²) >= 11 is 6.03. The molecular formula is C14H21ClN2. The van der Waals surface area contributed by atoms with Crippen LogP contribution in [0.5, 0.6) is 0 Å². The summed E-state index contributed by atoms with van der Waals surface area (Å²) in [4.78, 5) is 0. The minimum absolute atomic E-state index is 0.528. The summed E-state index contributed by atoms with van der Waals surface area (Å²) in [6.45, 7) is 4.61. The van der Waals surface area contributed by atoms with E-state index in [1.54, 1.807) is 0 Å². The van der Waals surface area contributed by atoms with Gasteiger partial charge >= 0.3 is 0 Å². The molecule has 0 aromatic heterocycles. The fourth-order valence-electron chi connectivity index (χ4n) is 2.89. The van der Waals surface area contributed by atoms with E-state index in [4.69, 9.17) is 17.3 Å². The number of halogens is 1. The molecule has 3 N–H and O–H groups in total. The molecule has 0 heterocycles. The highest BCUT2D eigenvalue weighted by Crippen LogP contribution is 2.37. The number of hydrogen-bond donors (Lipinski definition) is 2. The largest absolute Gasteiger partial charge is 0.396 e. The molecule has 1 aliphatic carbocycles. The van der Waals surface area contributed by atoms with Crippen molar-refractivity contribution in [3.05, 3.63) is 23.2 Å². The maximum Gasteiger partial charge on any atom is 0.0739 e. The Kier molecular flexibility index (Phi) is 3.82. The third-order valence-electron chi connectivity index (χ3n) is 4.14. The molecule has 1 fully saturated rings. The van der Waals surface area contributed by atoms with Crippen LogP contribution in [0.15, 0.2) is 18.2 Å². The van der Waals surface area contributed by atoms with Crippen LogP contribution in [0.4, 0.5) is 11.4 Å². The molecule has 1 aromatic carbocycles. The van der Waals surface area contributed by atoms with Crippen molar-refractivity contribution in [2.75, 3.05) is 11.1 Å². The van der Waals surface area contributed by atoms with Gasteiger partial charge in [-0.3, -0.25) is 0 Å². The molecule has 2 nitrogen and oxygen atoms in total. The lowest BCUT2D eigenvalue weighted by Gasteiger charge is -2.23. The molecule has 0 saturated heterocycles. The Balaban J connectivity index is 2.09. The third kappa shape index (κ3) is 2.52. The second kappa shape index (κ2) is 5.18. The molecule has 0 spiro atoms. The molecule has 1 aliphatic rings. The zero-order valence-electron chi connectivity index (χ0n) is 10.5. The number of nitrogens with one attached hydrogen (secondary N) is 1. The Morgan fingerprint density at radius 1 is 1.41 bits per heavy atom. The molecule has 1 aromatic rings. The number of benzene rings is 1. The quantitative estimate of drug-likeness (QED) is 0.793. The summed E-state index contributed by atoms with van der Waals surface area (Å²) < 4.78 is 0. The van der Waals surface area contributed by atoms with Crippen molar-refractivity contribution in [1.82, 2.24) is 0 Å². The molecular weight excluding hydrogens is 232 g/mol. The second-order valence-corrected chi connectivity index (χ2v) is 5.46. The highest BCUT2D eigenvalue weighted by molar-refractivity contribution is 6.33. The van der Waals surface area contributed by atoms with Crippen molar-refractivity contribution < 1.29 is 0 Å². The van der Waals surface area contributed by atoms with Gasteiger partial charge < -0.3 is 11.1 Å². The van der Waals surface area contributed by atoms with E-state index in [1.165, 1.54) is 19.3 Å². The number of nitrogens with two attached hydrogens (primary N) is 1. The fraction of sp³-hybridized carbons (Fsp3) is 0.571. The number of para-hydroxylation sites is 1. The molecule has 3 atom stereocenters. The molecule has 0 aliphatic heterocycles. The normalized spacial score (nSPS) is 28.3. The smallest absolute Gasteiger partial charge is 0.0739 e. The van der Waals surface area contributed by atoms with Crippen LogP contribution in [0.2, 0.25) is 5.02 Å². The van der Waals surface area contributed by atoms with Gasteiger partial charge in [0.25, 0.3) is 0 Å². The Morgan fingerprint density at radius 2 is 2.18 bits per heavy atom. The molecule has 94 valence electrons. The van der Waals surface area contributed by atoms with E-state index in [9.17, 15) is 0 Å². The Morgan fingerprint density at radius 3 is 2.82 bits per heavy atom. The van der Waals surface area contributed by atoms with E-state index >= 15 is 0 Å². The predicted octanol–water partition coefficient (Wildman–Crippen LogP) is 4.16. The summed E-state index contributed by atoms with van der Waals surface area (Å²) in [6, 6.07) is 6.31. The summed E-state index contributed by atoms with van der Waals surface area (Å²) in [7, 11) is 0. The maximum absolute atomic E-state index is 6.03. The van der Waals surface area contributed by atoms with E-state index in [-0.39, 0.29) is 0 Å². The number of nitrogen functional groups attached to an aromatic ring is 1. The first-order valence-electron chi connectivity index (χ1n) is 6.44. The molecule has 2 rings (SSSR count). The van der Waals surface area contributed by atoms with Crippen LogP contribution in [0, 0.1) is 11.8 Å². The van der Waals surface area contributed by atoms with Gasteiger partial charge in [-0.05, 0) is 36.8 Å². The van der Waals surface area contributed by atoms with Gasteiger partial charge in [-0.15, -0.1) is 0 Å². The summed E-state index contributed by atoms with van der Waals surface area (Å²) in [5.74, 6) is 1.55. The van der Waals surface area contributed by atoms with Crippen LogP contribution in [-0.4, -0.2) is 6.04 Å². The van der Waals surface area contributed by atoms with Gasteiger partial charge in [0.15, 0.2) is 0 Å². The van der Waals surface area contributed by atoms with E-state index < -0.39 is 0 Å². The molecule has 3 heteroatoms. The molecule has 0 bridgehead atoms. The highest BCUT2D eigenvalue weighted by Gasteiger charge is 2.31. The summed E-state index contributed by atoms with van der Waals surface area (Å²) in [5, 5.41) is 4.19. The van der Waals surface area contributed by atoms with Crippen molar-refractivity contribution in [1.29, 1.82) is 0 Å². The van der Waals surface area contributed by atoms with Crippen molar-refractivity contribution in [2.24, 2.45) is 11.8 Å². The second-order valence-electron chi connectivity index (χ2n) is 5.06. The first-order chi connectivity index (χ1) is 8.13. The Labute approximate surface area is 109 Å². The molecule has 3 unspecified atom stereocenters. The van der Waals surface area contributed by atoms with Gasteiger partial charge in [0.2, 0.25) is 0 Å². The third-order valence-corrected chi connectivity index (χ3v) is 4.47. The van der Waals surface area contributed by atoms with Crippen LogP contribution < -0.4 is 11.1 Å². The standard InChI is InChI=1S/C14H21ClN2/c1-3-10-7-8-12(9(10)2)17-13-6-4-5-11(15)14(13)16/h4-6,9-10,12,17H,3,7-8,16H2,1-2H3. The lowest BCUT2D eigenvalue weighted by atomic mass is 9.93. The van der Waals surface area contributed by atoms with Gasteiger partial charge in [-0.1, -0.05) is 37.9 Å². The van der Waals surface area contributed by atoms with Gasteiger partial charge in [0, 0.05) is 6.04 Å². The molecule has 1 saturated carbocycles. The van der Waals surface area contributed by atoms with Crippen LogP contribution in [0.25, 0.3) is 0 Å². The zero-order chi connectivity index (χ0) is 12.4. The fourth-order valence-corrected chi connectivity index (χ4v) is 3.06. The molecule has 0 radical (unpaired) electrons. The molecule has 0 amide bonds. The van der Waals surface area contributed by atoms with Gasteiger partial charge in [0.1, 0.15) is 0 Å². The topological polar surface area (TPSA) is 38.0 Å². The van der Waals surface area contributed by atoms with Crippen molar-refractivity contribution in [2.45, 2.75) is 39.2 Å². The first kappa shape index (κ1) is 12.6. The zero-order valence-corrected chi connectivity index (χ0v) is 11.3.